The first-order valence-electron chi connectivity index (χ1n) is 9.81. The maximum atomic E-state index is 12.9. The van der Waals surface area contributed by atoms with Crippen LogP contribution in [0, 0.1) is 27.7 Å². The zero-order valence-electron chi connectivity index (χ0n) is 18.6. The summed E-state index contributed by atoms with van der Waals surface area (Å²) in [4.78, 5) is 0.208. The van der Waals surface area contributed by atoms with E-state index in [1.165, 1.54) is 31.4 Å². The minimum Gasteiger partial charge on any atom is -0.495 e. The highest BCUT2D eigenvalue weighted by Gasteiger charge is 2.21. The topological polar surface area (TPSA) is 102 Å². The zero-order chi connectivity index (χ0) is 23.7. The van der Waals surface area contributed by atoms with Gasteiger partial charge < -0.3 is 4.74 Å². The Hall–Kier alpha value is -3.04. The highest BCUT2D eigenvalue weighted by Crippen LogP contribution is 2.29. The molecule has 0 heterocycles. The molecule has 0 unspecified atom stereocenters. The SMILES string of the molecule is COc1ccc(C)cc1NS(=O)(=O)c1ccc(NS(=O)(=O)c2c(C)cc(C)cc2C)cc1. The largest absolute Gasteiger partial charge is 0.495 e. The molecule has 170 valence electrons. The van der Waals surface area contributed by atoms with Crippen LogP contribution in [0.4, 0.5) is 11.4 Å². The van der Waals surface area contributed by atoms with Crippen molar-refractivity contribution in [2.75, 3.05) is 16.6 Å². The molecule has 9 heteroatoms. The third-order valence-electron chi connectivity index (χ3n) is 4.89. The van der Waals surface area contributed by atoms with E-state index in [4.69, 9.17) is 4.74 Å². The van der Waals surface area contributed by atoms with Crippen molar-refractivity contribution in [1.82, 2.24) is 0 Å². The lowest BCUT2D eigenvalue weighted by Crippen LogP contribution is -2.16. The molecule has 0 spiro atoms. The second-order valence-electron chi connectivity index (χ2n) is 7.67. The fourth-order valence-corrected chi connectivity index (χ4v) is 6.18. The van der Waals surface area contributed by atoms with Crippen molar-refractivity contribution in [2.45, 2.75) is 37.5 Å². The maximum Gasteiger partial charge on any atom is 0.262 e. The molecule has 32 heavy (non-hydrogen) atoms. The number of methoxy groups -OCH3 is 1. The van der Waals surface area contributed by atoms with E-state index in [9.17, 15) is 16.8 Å². The Balaban J connectivity index is 1.86. The average molecular weight is 475 g/mol. The average Bonchev–Trinajstić information content (AvgIpc) is 2.67. The predicted octanol–water partition coefficient (Wildman–Crippen LogP) is 4.53. The Morgan fingerprint density at radius 2 is 1.28 bits per heavy atom. The second-order valence-corrected chi connectivity index (χ2v) is 11.0. The molecule has 0 saturated carbocycles. The lowest BCUT2D eigenvalue weighted by atomic mass is 10.1. The molecule has 0 amide bonds. The predicted molar refractivity (Wildman–Crippen MR) is 126 cm³/mol. The fourth-order valence-electron chi connectivity index (χ4n) is 3.60. The molecule has 2 N–H and O–H groups in total. The van der Waals surface area contributed by atoms with Crippen molar-refractivity contribution >= 4 is 31.4 Å². The number of hydrogen-bond acceptors (Lipinski definition) is 5. The van der Waals surface area contributed by atoms with Crippen LogP contribution < -0.4 is 14.2 Å². The number of nitrogens with one attached hydrogen (secondary N) is 2. The van der Waals surface area contributed by atoms with Gasteiger partial charge in [-0.25, -0.2) is 16.8 Å². The summed E-state index contributed by atoms with van der Waals surface area (Å²) in [5.74, 6) is 0.396. The summed E-state index contributed by atoms with van der Waals surface area (Å²) in [5.41, 5.74) is 3.72. The molecule has 0 radical (unpaired) electrons. The number of benzene rings is 3. The molecular weight excluding hydrogens is 448 g/mol. The molecule has 3 rings (SSSR count). The van der Waals surface area contributed by atoms with Gasteiger partial charge in [-0.2, -0.15) is 0 Å². The summed E-state index contributed by atoms with van der Waals surface area (Å²) < 4.78 is 61.7. The van der Waals surface area contributed by atoms with Crippen molar-refractivity contribution in [2.24, 2.45) is 0 Å². The van der Waals surface area contributed by atoms with Gasteiger partial charge >= 0.3 is 0 Å². The van der Waals surface area contributed by atoms with Crippen LogP contribution >= 0.6 is 0 Å². The number of sulfonamides is 2. The van der Waals surface area contributed by atoms with Crippen LogP contribution in [0.25, 0.3) is 0 Å². The molecular formula is C23H26N2O5S2. The third kappa shape index (κ3) is 5.05. The van der Waals surface area contributed by atoms with Crippen LogP contribution in [0.3, 0.4) is 0 Å². The number of hydrogen-bond donors (Lipinski definition) is 2. The van der Waals surface area contributed by atoms with Gasteiger partial charge in [-0.3, -0.25) is 9.44 Å². The quantitative estimate of drug-likeness (QED) is 0.524. The van der Waals surface area contributed by atoms with Gasteiger partial charge in [-0.15, -0.1) is 0 Å². The van der Waals surface area contributed by atoms with Crippen molar-refractivity contribution in [3.05, 3.63) is 76.9 Å². The Labute approximate surface area is 189 Å². The Morgan fingerprint density at radius 3 is 1.84 bits per heavy atom. The van der Waals surface area contributed by atoms with Gasteiger partial charge in [0.15, 0.2) is 0 Å². The van der Waals surface area contributed by atoms with Gasteiger partial charge in [0.05, 0.1) is 22.6 Å². The van der Waals surface area contributed by atoms with Gasteiger partial charge in [0.2, 0.25) is 0 Å². The highest BCUT2D eigenvalue weighted by molar-refractivity contribution is 7.93. The zero-order valence-corrected chi connectivity index (χ0v) is 20.2. The monoisotopic (exact) mass is 474 g/mol. The summed E-state index contributed by atoms with van der Waals surface area (Å²) >= 11 is 0. The standard InChI is InChI=1S/C23H26N2O5S2/c1-15-6-11-22(30-5)21(14-15)25-31(26,27)20-9-7-19(8-10-20)24-32(28,29)23-17(3)12-16(2)13-18(23)4/h6-14,24-25H,1-5H3. The van der Waals surface area contributed by atoms with Gasteiger partial charge in [0, 0.05) is 5.69 Å². The fraction of sp³-hybridized carbons (Fsp3) is 0.217. The van der Waals surface area contributed by atoms with Crippen molar-refractivity contribution in [3.8, 4) is 5.75 Å². The summed E-state index contributed by atoms with van der Waals surface area (Å²) in [6, 6.07) is 14.3. The van der Waals surface area contributed by atoms with Gasteiger partial charge in [0.1, 0.15) is 5.75 Å². The lowest BCUT2D eigenvalue weighted by Gasteiger charge is -2.15. The molecule has 3 aromatic carbocycles. The molecule has 7 nitrogen and oxygen atoms in total. The van der Waals surface area contributed by atoms with E-state index in [-0.39, 0.29) is 15.5 Å². The number of ether oxygens (including phenoxy) is 1. The molecule has 0 aromatic heterocycles. The smallest absolute Gasteiger partial charge is 0.262 e. The number of anilines is 2. The van der Waals surface area contributed by atoms with Crippen LogP contribution in [-0.4, -0.2) is 23.9 Å². The van der Waals surface area contributed by atoms with E-state index in [2.05, 4.69) is 9.44 Å². The van der Waals surface area contributed by atoms with Crippen LogP contribution in [0.2, 0.25) is 0 Å². The number of rotatable bonds is 7. The Morgan fingerprint density at radius 1 is 0.688 bits per heavy atom. The molecule has 0 fully saturated rings. The van der Waals surface area contributed by atoms with Gasteiger partial charge in [0.25, 0.3) is 20.0 Å². The van der Waals surface area contributed by atoms with Gasteiger partial charge in [-0.1, -0.05) is 23.8 Å². The third-order valence-corrected chi connectivity index (χ3v) is 7.96. The van der Waals surface area contributed by atoms with Crippen molar-refractivity contribution in [1.29, 1.82) is 0 Å². The minimum atomic E-state index is -3.90. The van der Waals surface area contributed by atoms with E-state index in [0.717, 1.165) is 11.1 Å². The molecule has 0 bridgehead atoms. The Bertz CT molecular complexity index is 1340. The van der Waals surface area contributed by atoms with Gasteiger partial charge in [-0.05, 0) is 80.8 Å². The molecule has 3 aromatic rings. The maximum absolute atomic E-state index is 12.9. The van der Waals surface area contributed by atoms with E-state index in [1.807, 2.05) is 32.0 Å². The summed E-state index contributed by atoms with van der Waals surface area (Å²) in [6.07, 6.45) is 0. The van der Waals surface area contributed by atoms with Crippen LogP contribution in [-0.2, 0) is 20.0 Å². The first kappa shape index (κ1) is 23.6. The van der Waals surface area contributed by atoms with Crippen molar-refractivity contribution in [3.63, 3.8) is 0 Å². The van der Waals surface area contributed by atoms with E-state index < -0.39 is 20.0 Å². The normalized spacial score (nSPS) is 11.8. The summed E-state index contributed by atoms with van der Waals surface area (Å²) in [7, 11) is -6.28. The molecule has 0 aliphatic rings. The highest BCUT2D eigenvalue weighted by atomic mass is 32.2. The Kier molecular flexibility index (Phi) is 6.52. The lowest BCUT2D eigenvalue weighted by molar-refractivity contribution is 0.417. The molecule has 0 atom stereocenters. The minimum absolute atomic E-state index is 0.00768. The van der Waals surface area contributed by atoms with E-state index in [1.54, 1.807) is 26.0 Å². The molecule has 0 aliphatic heterocycles. The van der Waals surface area contributed by atoms with Crippen LogP contribution in [0.5, 0.6) is 5.75 Å². The van der Waals surface area contributed by atoms with Crippen LogP contribution in [0.15, 0.2) is 64.4 Å². The van der Waals surface area contributed by atoms with E-state index >= 15 is 0 Å². The number of aryl methyl sites for hydroxylation is 4. The molecule has 0 aliphatic carbocycles. The van der Waals surface area contributed by atoms with Crippen molar-refractivity contribution < 1.29 is 21.6 Å². The first-order valence-corrected chi connectivity index (χ1v) is 12.8. The van der Waals surface area contributed by atoms with Crippen LogP contribution in [0.1, 0.15) is 22.3 Å². The summed E-state index contributed by atoms with van der Waals surface area (Å²) in [6.45, 7) is 7.24. The second kappa shape index (κ2) is 8.84. The summed E-state index contributed by atoms with van der Waals surface area (Å²) in [5, 5.41) is 0. The van der Waals surface area contributed by atoms with E-state index in [0.29, 0.717) is 22.6 Å². The molecule has 0 saturated heterocycles. The first-order chi connectivity index (χ1) is 14.9.